The Labute approximate surface area is 428 Å². The number of phenolic OH excluding ortho intramolecular Hbond substituents is 2. The second kappa shape index (κ2) is 21.0. The summed E-state index contributed by atoms with van der Waals surface area (Å²) in [7, 11) is 0. The summed E-state index contributed by atoms with van der Waals surface area (Å²) in [6.45, 7) is 14.1. The summed E-state index contributed by atoms with van der Waals surface area (Å²) in [6, 6.07) is 25.0. The number of piperidine rings is 1. The van der Waals surface area contributed by atoms with Crippen LogP contribution in [0.4, 0.5) is 11.5 Å². The first-order valence-corrected chi connectivity index (χ1v) is 25.6. The molecule has 0 spiro atoms. The number of nitrogens with one attached hydrogen (secondary N) is 1. The van der Waals surface area contributed by atoms with Crippen LogP contribution in [0.5, 0.6) is 17.5 Å². The summed E-state index contributed by atoms with van der Waals surface area (Å²) < 4.78 is 7.90. The van der Waals surface area contributed by atoms with Crippen LogP contribution in [0.2, 0.25) is 5.02 Å². The van der Waals surface area contributed by atoms with Gasteiger partial charge in [-0.3, -0.25) is 14.5 Å². The number of carbonyl (C=O) groups is 2. The number of nitrogens with zero attached hydrogens (tertiary/aromatic N) is 10. The van der Waals surface area contributed by atoms with Crippen molar-refractivity contribution in [1.82, 2.24) is 39.4 Å². The summed E-state index contributed by atoms with van der Waals surface area (Å²) in [6.07, 6.45) is 4.50. The highest BCUT2D eigenvalue weighted by molar-refractivity contribution is 6.36. The van der Waals surface area contributed by atoms with Gasteiger partial charge in [-0.05, 0) is 97.6 Å². The van der Waals surface area contributed by atoms with Crippen LogP contribution >= 0.6 is 11.6 Å². The van der Waals surface area contributed by atoms with Gasteiger partial charge < -0.3 is 34.5 Å². The third-order valence-electron chi connectivity index (χ3n) is 15.0. The van der Waals surface area contributed by atoms with E-state index in [1.807, 2.05) is 61.2 Å². The first-order valence-electron chi connectivity index (χ1n) is 25.2. The van der Waals surface area contributed by atoms with Crippen LogP contribution in [0.25, 0.3) is 27.8 Å². The summed E-state index contributed by atoms with van der Waals surface area (Å²) in [5.41, 5.74) is 5.10. The quantitative estimate of drug-likeness (QED) is 0.0985. The highest BCUT2D eigenvalue weighted by atomic mass is 35.5. The number of halogens is 1. The van der Waals surface area contributed by atoms with E-state index >= 15 is 0 Å². The molecule has 10 rings (SSSR count). The van der Waals surface area contributed by atoms with E-state index in [1.165, 1.54) is 16.7 Å². The van der Waals surface area contributed by atoms with Gasteiger partial charge in [0.15, 0.2) is 5.82 Å². The van der Waals surface area contributed by atoms with Crippen molar-refractivity contribution < 1.29 is 24.5 Å². The third kappa shape index (κ3) is 10.1. The highest BCUT2D eigenvalue weighted by Crippen LogP contribution is 2.39. The number of hydrogen-bond acceptors (Lipinski definition) is 13. The number of rotatable bonds is 13. The fourth-order valence-corrected chi connectivity index (χ4v) is 11.4. The normalized spacial score (nSPS) is 18.6. The minimum absolute atomic E-state index is 0.0143. The minimum atomic E-state index is -0.447. The van der Waals surface area contributed by atoms with E-state index in [9.17, 15) is 29.9 Å². The average molecular weight is 1010 g/mol. The summed E-state index contributed by atoms with van der Waals surface area (Å²) in [5, 5.41) is 40.3. The van der Waals surface area contributed by atoms with Gasteiger partial charge in [-0.2, -0.15) is 20.3 Å². The van der Waals surface area contributed by atoms with Crippen molar-refractivity contribution in [3.8, 4) is 40.7 Å². The van der Waals surface area contributed by atoms with Crippen LogP contribution in [0.1, 0.15) is 67.8 Å². The molecule has 4 aliphatic rings. The van der Waals surface area contributed by atoms with E-state index in [1.54, 1.807) is 11.0 Å². The molecular weight excluding hydrogens is 946 g/mol. The van der Waals surface area contributed by atoms with Gasteiger partial charge >= 0.3 is 11.7 Å². The van der Waals surface area contributed by atoms with E-state index in [0.29, 0.717) is 80.7 Å². The lowest BCUT2D eigenvalue weighted by Crippen LogP contribution is -2.55. The molecule has 18 heteroatoms. The number of aromatic nitrogens is 5. The molecule has 2 amide bonds. The molecule has 6 heterocycles. The molecule has 2 atom stereocenters. The minimum Gasteiger partial charge on any atom is -0.508 e. The second-order valence-corrected chi connectivity index (χ2v) is 20.4. The van der Waals surface area contributed by atoms with Crippen LogP contribution in [-0.2, 0) is 29.1 Å². The van der Waals surface area contributed by atoms with Gasteiger partial charge in [-0.15, -0.1) is 0 Å². The molecule has 4 aliphatic heterocycles. The predicted octanol–water partition coefficient (Wildman–Crippen LogP) is 7.18. The lowest BCUT2D eigenvalue weighted by molar-refractivity contribution is -0.136. The number of benzene rings is 4. The number of phenols is 2. The number of aromatic hydroxyl groups is 2. The fraction of sp³-hybridized carbons (Fsp3) is 0.400. The highest BCUT2D eigenvalue weighted by Gasteiger charge is 2.36. The predicted molar refractivity (Wildman–Crippen MR) is 279 cm³/mol. The molecule has 3 fully saturated rings. The van der Waals surface area contributed by atoms with Gasteiger partial charge in [-0.25, -0.2) is 14.5 Å². The molecule has 0 radical (unpaired) electrons. The van der Waals surface area contributed by atoms with Gasteiger partial charge in [0.1, 0.15) is 17.3 Å². The van der Waals surface area contributed by atoms with Gasteiger partial charge in [0.05, 0.1) is 53.7 Å². The Kier molecular flexibility index (Phi) is 14.1. The molecular formula is C55H60ClN11O6. The average Bonchev–Trinajstić information content (AvgIpc) is 4.04. The van der Waals surface area contributed by atoms with E-state index in [2.05, 4.69) is 55.7 Å². The maximum absolute atomic E-state index is 14.0. The summed E-state index contributed by atoms with van der Waals surface area (Å²) in [5.74, 6) is 0.851. The third-order valence-corrected chi connectivity index (χ3v) is 15.3. The summed E-state index contributed by atoms with van der Waals surface area (Å²) >= 11 is 6.80. The van der Waals surface area contributed by atoms with Crippen LogP contribution in [0, 0.1) is 23.2 Å². The van der Waals surface area contributed by atoms with Crippen molar-refractivity contribution in [2.24, 2.45) is 11.8 Å². The molecule has 3 saturated heterocycles. The molecule has 3 N–H and O–H groups in total. The SMILES string of the molecule is C=CC(=O)N1CCN(c2nc(OCC3CCN(C(=O)C4CCN(Cc5ccc(-n6c(-c7cc(C(C)C)c(O)cc7O)n[nH]c6=O)cc5)CC4)C3)nc3c2CCN(c2cccc4cccc(Cl)c24)C3)C[C@@H]1CC#N. The number of H-pyrrole nitrogens is 1. The standard InChI is InChI=1S/C55H60ClN11O6/c1-4-49(70)66-26-25-64(31-40(66)15-20-57)51-41-19-24-63(46-10-6-8-37-7-5-9-44(56)50(37)46)32-45(41)58-54(59-51)73-33-36-16-23-65(30-36)53(71)38-17-21-62(22-18-38)29-35-11-13-39(14-12-35)67-52(60-61-55(67)72)43-27-42(34(2)3)47(68)28-48(43)69/h4-14,27-28,34,36,38,40,68-69H,1,15-19,21-26,29-33H2,2-3H3,(H,61,72)/t36?,40-/m0/s1. The molecule has 17 nitrogen and oxygen atoms in total. The molecule has 6 aromatic rings. The number of hydrogen-bond donors (Lipinski definition) is 3. The van der Waals surface area contributed by atoms with E-state index in [0.717, 1.165) is 78.0 Å². The van der Waals surface area contributed by atoms with Crippen LogP contribution in [0.3, 0.4) is 0 Å². The molecule has 0 bridgehead atoms. The largest absolute Gasteiger partial charge is 0.508 e. The lowest BCUT2D eigenvalue weighted by Gasteiger charge is -2.42. The Balaban J connectivity index is 0.772. The number of piperazine rings is 1. The lowest BCUT2D eigenvalue weighted by atomic mass is 9.95. The number of anilines is 2. The number of aromatic amines is 1. The monoisotopic (exact) mass is 1010 g/mol. The van der Waals surface area contributed by atoms with Crippen molar-refractivity contribution in [2.45, 2.75) is 71.0 Å². The van der Waals surface area contributed by atoms with Gasteiger partial charge in [0.25, 0.3) is 0 Å². The van der Waals surface area contributed by atoms with Crippen molar-refractivity contribution >= 4 is 45.7 Å². The van der Waals surface area contributed by atoms with Gasteiger partial charge in [0, 0.05) is 80.4 Å². The number of amides is 2. The number of ether oxygens (including phenoxy) is 1. The Bertz CT molecular complexity index is 3150. The van der Waals surface area contributed by atoms with Crippen LogP contribution in [-0.4, -0.2) is 126 Å². The van der Waals surface area contributed by atoms with E-state index in [-0.39, 0.29) is 65.4 Å². The topological polar surface area (TPSA) is 200 Å². The number of likely N-dealkylation sites (tertiary alicyclic amines) is 2. The van der Waals surface area contributed by atoms with Crippen molar-refractivity contribution in [1.29, 1.82) is 5.26 Å². The van der Waals surface area contributed by atoms with Crippen LogP contribution in [0.15, 0.2) is 90.2 Å². The van der Waals surface area contributed by atoms with Gasteiger partial charge in [-0.1, -0.05) is 68.4 Å². The smallest absolute Gasteiger partial charge is 0.348 e. The maximum Gasteiger partial charge on any atom is 0.348 e. The zero-order valence-corrected chi connectivity index (χ0v) is 42.0. The van der Waals surface area contributed by atoms with Crippen LogP contribution < -0.4 is 20.2 Å². The maximum atomic E-state index is 14.0. The zero-order valence-electron chi connectivity index (χ0n) is 41.2. The van der Waals surface area contributed by atoms with Crippen molar-refractivity contribution in [3.05, 3.63) is 123 Å². The molecule has 0 aliphatic carbocycles. The van der Waals surface area contributed by atoms with Crippen molar-refractivity contribution in [2.75, 3.05) is 68.8 Å². The molecule has 378 valence electrons. The second-order valence-electron chi connectivity index (χ2n) is 20.0. The fourth-order valence-electron chi connectivity index (χ4n) is 11.1. The first-order chi connectivity index (χ1) is 35.4. The Morgan fingerprint density at radius 2 is 1.73 bits per heavy atom. The number of carbonyl (C=O) groups excluding carboxylic acids is 2. The van der Waals surface area contributed by atoms with E-state index in [4.69, 9.17) is 26.3 Å². The first kappa shape index (κ1) is 49.2. The Hall–Kier alpha value is -7.42. The molecule has 1 unspecified atom stereocenters. The molecule has 4 aromatic carbocycles. The number of fused-ring (bicyclic) bond motifs is 2. The number of nitriles is 1. The van der Waals surface area contributed by atoms with Gasteiger partial charge in [0.2, 0.25) is 11.8 Å². The molecule has 73 heavy (non-hydrogen) atoms. The summed E-state index contributed by atoms with van der Waals surface area (Å²) in [4.78, 5) is 60.4. The van der Waals surface area contributed by atoms with Crippen molar-refractivity contribution in [3.63, 3.8) is 0 Å². The zero-order chi connectivity index (χ0) is 50.9. The Morgan fingerprint density at radius 3 is 2.48 bits per heavy atom. The molecule has 0 saturated carbocycles. The molecule has 2 aromatic heterocycles. The van der Waals surface area contributed by atoms with E-state index < -0.39 is 5.69 Å². The Morgan fingerprint density at radius 1 is 0.945 bits per heavy atom.